The van der Waals surface area contributed by atoms with E-state index in [1.54, 1.807) is 38.4 Å². The zero-order chi connectivity index (χ0) is 91.2. The van der Waals surface area contributed by atoms with Crippen molar-refractivity contribution < 1.29 is 42.3 Å². The minimum absolute atomic E-state index is 0.0190. The van der Waals surface area contributed by atoms with Gasteiger partial charge < -0.3 is 78.9 Å². The van der Waals surface area contributed by atoms with Crippen LogP contribution in [0.4, 0.5) is 0 Å². The number of rotatable bonds is 12. The minimum atomic E-state index is -0.227. The number of aromatic amines is 6. The third kappa shape index (κ3) is 18.9. The Kier molecular flexibility index (Phi) is 26.1. The topological polar surface area (TPSA) is 323 Å². The largest absolute Gasteiger partial charge is 0.472 e. The summed E-state index contributed by atoms with van der Waals surface area (Å²) in [6, 6.07) is 45.1. The van der Waals surface area contributed by atoms with Gasteiger partial charge in [-0.1, -0.05) is 119 Å². The molecule has 6 unspecified atom stereocenters. The van der Waals surface area contributed by atoms with E-state index < -0.39 is 0 Å². The summed E-state index contributed by atoms with van der Waals surface area (Å²) in [5.41, 5.74) is 26.2. The standard InChI is InChI=1S/C19H17ClN2O.C18H18BrN3O.C17H16BrN3O2.C17H15BrN2O2.C16H14BrN3O2.C16H17BrN2O/c20-12-7-8-16-15(9-12)14-5-2-6-17(18(14)21-16)22-10-11-3-1-4-13(11)19(22)23;1-23-20-10-12-7-8-22(11-12)17-4-2-3-14-15-9-13(19)5-6-16(15)21-18(14)17;1-9-7-15(21-23-9)17(22)20-14-4-2-3-11-12-8-10(18)5-6-13(12)19-16(11)14;18-11-4-5-14-13(8-11)12-2-1-3-15(16(12)19-14)20-17(21)10-6-7-22-9-10;17-9-4-5-12-11(8-9)10-2-1-3-13(15(10)19-12)20-16(21)14-6-7-18-22-14;17-10-6-7-13-12(8-10)11-2-1-3-14(15(11)18-13)19-16(20)9-4-5-9/h1,3,7-9,17,21H,2,4-6,10H2;5-11,17,21H,2-4H2,1H3;5-8,14,19H,2-4H2,1H3,(H,20,22);4-9,15,19H,1-3H2,(H,20,21);4-8,13,19H,1-3H2,(H,20,21);6-9,14,18H,1-5H2,(H,19,20)/b;20-10+;;;;. The summed E-state index contributed by atoms with van der Waals surface area (Å²) in [5.74, 6) is 1.10. The van der Waals surface area contributed by atoms with E-state index in [0.29, 0.717) is 23.1 Å². The highest BCUT2D eigenvalue weighted by Crippen LogP contribution is 2.46. The molecule has 5 amide bonds. The molecule has 6 aromatic carbocycles. The average molecular weight is 2120 g/mol. The van der Waals surface area contributed by atoms with Crippen LogP contribution in [-0.4, -0.2) is 99.1 Å². The van der Waals surface area contributed by atoms with Crippen LogP contribution < -0.4 is 21.3 Å². The summed E-state index contributed by atoms with van der Waals surface area (Å²) in [4.78, 5) is 89.5. The van der Waals surface area contributed by atoms with Gasteiger partial charge >= 0.3 is 0 Å². The van der Waals surface area contributed by atoms with Gasteiger partial charge in [0.1, 0.15) is 19.1 Å². The van der Waals surface area contributed by atoms with Gasteiger partial charge in [-0.3, -0.25) is 24.0 Å². The van der Waals surface area contributed by atoms with E-state index in [1.165, 1.54) is 125 Å². The Bertz CT molecular complexity index is 7100. The number of carbonyl (C=O) groups excluding carboxylic acids is 5. The molecule has 0 radical (unpaired) electrons. The van der Waals surface area contributed by atoms with E-state index in [9.17, 15) is 24.0 Å². The molecule has 8 aliphatic carbocycles. The van der Waals surface area contributed by atoms with Gasteiger partial charge in [-0.05, 0) is 302 Å². The van der Waals surface area contributed by atoms with Crippen molar-refractivity contribution in [1.29, 1.82) is 0 Å². The number of H-pyrrole nitrogens is 6. The smallest absolute Gasteiger partial charge is 0.290 e. The first-order valence-corrected chi connectivity index (χ1v) is 49.9. The molecule has 30 heteroatoms. The Morgan fingerprint density at radius 3 is 1.40 bits per heavy atom. The fraction of sp³-hybridized carbons (Fsp3) is 0.301. The molecule has 10 N–H and O–H groups in total. The Labute approximate surface area is 812 Å². The molecule has 16 aromatic rings. The van der Waals surface area contributed by atoms with Crippen molar-refractivity contribution in [1.82, 2.24) is 71.0 Å². The molecule has 0 saturated heterocycles. The van der Waals surface area contributed by atoms with Gasteiger partial charge in [0.2, 0.25) is 11.7 Å². The molecular weight excluding hydrogens is 2030 g/mol. The van der Waals surface area contributed by atoms with Gasteiger partial charge in [0.25, 0.3) is 23.6 Å². The van der Waals surface area contributed by atoms with Gasteiger partial charge in [-0.15, -0.1) is 0 Å². The fourth-order valence-electron chi connectivity index (χ4n) is 20.7. The van der Waals surface area contributed by atoms with E-state index in [2.05, 4.69) is 259 Å². The third-order valence-electron chi connectivity index (χ3n) is 27.1. The van der Waals surface area contributed by atoms with Crippen LogP contribution in [0.1, 0.15) is 243 Å². The highest BCUT2D eigenvalue weighted by atomic mass is 79.9. The zero-order valence-corrected chi connectivity index (χ0v) is 81.8. The zero-order valence-electron chi connectivity index (χ0n) is 73.1. The molecule has 1 aliphatic heterocycles. The summed E-state index contributed by atoms with van der Waals surface area (Å²) in [7, 11) is 1.56. The van der Waals surface area contributed by atoms with Crippen molar-refractivity contribution in [3.8, 4) is 0 Å². The molecule has 680 valence electrons. The van der Waals surface area contributed by atoms with Crippen molar-refractivity contribution >= 4 is 192 Å². The first-order valence-electron chi connectivity index (χ1n) is 45.6. The lowest BCUT2D eigenvalue weighted by molar-refractivity contribution is -0.128. The Hall–Kier alpha value is -11.5. The highest BCUT2D eigenvalue weighted by Gasteiger charge is 2.40. The SMILES string of the molecule is CO/N=C/c1ccn(C2CCCc3c2[nH]c2ccc(Br)cc32)c1.Cc1cc(C(=O)NC2CCCc3c2[nH]c2ccc(Br)cc32)no1.O=C(NC1CCCc2c1[nH]c1ccc(Br)cc21)C1CC1.O=C(NC1CCCc2c1[nH]c1ccc(Br)cc21)c1ccno1.O=C(NC1CCCc2c1[nH]c1ccc(Br)cc21)c1ccoc1.O=C1C2=C(C=CC2)CN1C1CCCc2c1[nH]c1ccc(Cl)cc21. The number of hydrogen-bond donors (Lipinski definition) is 10. The molecule has 25 rings (SSSR count). The fourth-order valence-corrected chi connectivity index (χ4v) is 22.7. The maximum atomic E-state index is 12.8. The van der Waals surface area contributed by atoms with Crippen molar-refractivity contribution in [3.63, 3.8) is 0 Å². The molecule has 10 aromatic heterocycles. The van der Waals surface area contributed by atoms with Gasteiger partial charge in [0.05, 0.1) is 60.5 Å². The third-order valence-corrected chi connectivity index (χ3v) is 29.8. The molecule has 11 heterocycles. The van der Waals surface area contributed by atoms with Crippen LogP contribution in [0.2, 0.25) is 5.02 Å². The molecule has 1 saturated carbocycles. The van der Waals surface area contributed by atoms with Crippen molar-refractivity contribution in [3.05, 3.63) is 311 Å². The molecule has 0 spiro atoms. The lowest BCUT2D eigenvalue weighted by Crippen LogP contribution is -2.34. The number of nitrogens with zero attached hydrogens (tertiary/aromatic N) is 5. The summed E-state index contributed by atoms with van der Waals surface area (Å²) in [5, 5.41) is 32.0. The van der Waals surface area contributed by atoms with Crippen LogP contribution in [0, 0.1) is 12.8 Å². The molecule has 133 heavy (non-hydrogen) atoms. The van der Waals surface area contributed by atoms with E-state index >= 15 is 0 Å². The molecule has 9 aliphatic rings. The van der Waals surface area contributed by atoms with Crippen LogP contribution in [-0.2, 0) is 53.0 Å². The lowest BCUT2D eigenvalue weighted by Gasteiger charge is -2.32. The van der Waals surface area contributed by atoms with E-state index in [-0.39, 0.29) is 71.4 Å². The minimum Gasteiger partial charge on any atom is -0.472 e. The number of allylic oxidation sites excluding steroid dienone is 1. The lowest BCUT2D eigenvalue weighted by atomic mass is 9.90. The van der Waals surface area contributed by atoms with Crippen LogP contribution in [0.3, 0.4) is 0 Å². The second-order valence-corrected chi connectivity index (χ2v) is 40.6. The molecular formula is C103H97Br5ClN15O9. The number of fused-ring (bicyclic) bond motifs is 18. The number of hydrogen-bond acceptors (Lipinski definition) is 12. The van der Waals surface area contributed by atoms with E-state index in [4.69, 9.17) is 29.9 Å². The summed E-state index contributed by atoms with van der Waals surface area (Å²) in [6.45, 7) is 2.53. The summed E-state index contributed by atoms with van der Waals surface area (Å²) < 4.78 is 22.6. The maximum Gasteiger partial charge on any atom is 0.290 e. The number of oxime groups is 1. The maximum absolute atomic E-state index is 12.8. The predicted octanol–water partition coefficient (Wildman–Crippen LogP) is 24.9. The number of benzene rings is 6. The van der Waals surface area contributed by atoms with Gasteiger partial charge in [-0.2, -0.15) is 0 Å². The quantitative estimate of drug-likeness (QED) is 0.0405. The summed E-state index contributed by atoms with van der Waals surface area (Å²) >= 11 is 23.9. The number of carbonyl (C=O) groups is 5. The average Bonchev–Trinajstić information content (AvgIpc) is 2.15. The summed E-state index contributed by atoms with van der Waals surface area (Å²) in [6.07, 6.45) is 36.6. The second kappa shape index (κ2) is 38.9. The number of aromatic nitrogens is 9. The van der Waals surface area contributed by atoms with Crippen molar-refractivity contribution in [2.24, 2.45) is 11.1 Å². The normalized spacial score (nSPS) is 19.1. The molecule has 1 fully saturated rings. The van der Waals surface area contributed by atoms with Crippen molar-refractivity contribution in [2.75, 3.05) is 13.7 Å². The van der Waals surface area contributed by atoms with E-state index in [0.717, 1.165) is 213 Å². The van der Waals surface area contributed by atoms with E-state index in [1.807, 2.05) is 36.4 Å². The van der Waals surface area contributed by atoms with Gasteiger partial charge in [-0.25, -0.2) is 0 Å². The van der Waals surface area contributed by atoms with Crippen LogP contribution in [0.5, 0.6) is 0 Å². The van der Waals surface area contributed by atoms with Gasteiger partial charge in [0, 0.05) is 175 Å². The number of amides is 5. The number of aryl methyl sites for hydroxylation is 7. The second-order valence-electron chi connectivity index (χ2n) is 35.6. The predicted molar refractivity (Wildman–Crippen MR) is 534 cm³/mol. The Balaban J connectivity index is 0.0000000993. The Morgan fingerprint density at radius 2 is 0.947 bits per heavy atom. The number of nitrogens with one attached hydrogen (secondary N) is 10. The van der Waals surface area contributed by atoms with Crippen LogP contribution >= 0.6 is 91.3 Å². The monoisotopic (exact) mass is 2120 g/mol. The highest BCUT2D eigenvalue weighted by molar-refractivity contribution is 9.11. The molecule has 6 atom stereocenters. The number of halogens is 6. The first-order chi connectivity index (χ1) is 64.8. The Morgan fingerprint density at radius 1 is 0.504 bits per heavy atom. The molecule has 24 nitrogen and oxygen atoms in total. The molecule has 0 bridgehead atoms. The number of furan rings is 1. The first kappa shape index (κ1) is 89.4. The van der Waals surface area contributed by atoms with Crippen LogP contribution in [0.15, 0.2) is 229 Å². The van der Waals surface area contributed by atoms with Gasteiger partial charge in [0.15, 0.2) is 5.69 Å². The van der Waals surface area contributed by atoms with Crippen molar-refractivity contribution in [2.45, 2.75) is 178 Å². The van der Waals surface area contributed by atoms with Crippen LogP contribution in [0.25, 0.3) is 65.4 Å².